The molecule has 1 atom stereocenters. The number of nitrogens with two attached hydrogens (primary N) is 1. The third-order valence-corrected chi connectivity index (χ3v) is 3.00. The van der Waals surface area contributed by atoms with Crippen LogP contribution in [0.4, 0.5) is 10.1 Å². The molecule has 1 unspecified atom stereocenters. The lowest BCUT2D eigenvalue weighted by Gasteiger charge is -2.18. The standard InChI is InChI=1S/C17H20FNO2/c1-11(2)20-16-10-17(15(19)9-14(16)18)21-12(3)13-7-5-4-6-8-13/h4-12H,19H2,1-3H3. The SMILES string of the molecule is CC(C)Oc1cc(OC(C)c2ccccc2)c(N)cc1F. The number of ether oxygens (including phenoxy) is 2. The molecule has 0 radical (unpaired) electrons. The van der Waals surface area contributed by atoms with Crippen LogP contribution in [0.5, 0.6) is 11.5 Å². The molecule has 3 nitrogen and oxygen atoms in total. The molecule has 0 aliphatic rings. The van der Waals surface area contributed by atoms with Gasteiger partial charge in [-0.3, -0.25) is 0 Å². The minimum Gasteiger partial charge on any atom is -0.488 e. The van der Waals surface area contributed by atoms with Gasteiger partial charge in [-0.1, -0.05) is 30.3 Å². The van der Waals surface area contributed by atoms with Crippen LogP contribution < -0.4 is 15.2 Å². The van der Waals surface area contributed by atoms with Crippen LogP contribution in [0.25, 0.3) is 0 Å². The Hall–Kier alpha value is -2.23. The second kappa shape index (κ2) is 6.48. The maximum absolute atomic E-state index is 13.8. The van der Waals surface area contributed by atoms with Crippen molar-refractivity contribution in [3.05, 3.63) is 53.8 Å². The van der Waals surface area contributed by atoms with Crippen LogP contribution in [0.15, 0.2) is 42.5 Å². The predicted octanol–water partition coefficient (Wildman–Crippen LogP) is 4.34. The van der Waals surface area contributed by atoms with Crippen molar-refractivity contribution in [2.24, 2.45) is 0 Å². The number of benzene rings is 2. The van der Waals surface area contributed by atoms with Gasteiger partial charge in [0.15, 0.2) is 11.6 Å². The van der Waals surface area contributed by atoms with Crippen LogP contribution in [0.2, 0.25) is 0 Å². The Morgan fingerprint density at radius 3 is 2.24 bits per heavy atom. The third-order valence-electron chi connectivity index (χ3n) is 3.00. The van der Waals surface area contributed by atoms with E-state index in [0.29, 0.717) is 5.75 Å². The van der Waals surface area contributed by atoms with E-state index in [1.54, 1.807) is 0 Å². The average molecular weight is 289 g/mol. The fraction of sp³-hybridized carbons (Fsp3) is 0.294. The minimum atomic E-state index is -0.485. The minimum absolute atomic E-state index is 0.123. The van der Waals surface area contributed by atoms with Gasteiger partial charge in [0, 0.05) is 12.1 Å². The lowest BCUT2D eigenvalue weighted by atomic mass is 10.1. The summed E-state index contributed by atoms with van der Waals surface area (Å²) in [6.07, 6.45) is -0.312. The highest BCUT2D eigenvalue weighted by Crippen LogP contribution is 2.33. The van der Waals surface area contributed by atoms with E-state index in [4.69, 9.17) is 15.2 Å². The van der Waals surface area contributed by atoms with E-state index in [1.165, 1.54) is 12.1 Å². The van der Waals surface area contributed by atoms with Crippen LogP contribution in [0.3, 0.4) is 0 Å². The van der Waals surface area contributed by atoms with Crippen molar-refractivity contribution >= 4 is 5.69 Å². The Morgan fingerprint density at radius 1 is 0.952 bits per heavy atom. The molecule has 0 saturated heterocycles. The highest BCUT2D eigenvalue weighted by Gasteiger charge is 2.14. The quantitative estimate of drug-likeness (QED) is 0.833. The molecule has 2 aromatic carbocycles. The van der Waals surface area contributed by atoms with E-state index in [0.717, 1.165) is 5.56 Å². The molecule has 2 rings (SSSR count). The van der Waals surface area contributed by atoms with Gasteiger partial charge >= 0.3 is 0 Å². The van der Waals surface area contributed by atoms with E-state index >= 15 is 0 Å². The summed E-state index contributed by atoms with van der Waals surface area (Å²) >= 11 is 0. The Labute approximate surface area is 124 Å². The Bertz CT molecular complexity index is 599. The van der Waals surface area contributed by atoms with Gasteiger partial charge in [0.05, 0.1) is 11.8 Å². The van der Waals surface area contributed by atoms with Crippen LogP contribution in [-0.4, -0.2) is 6.10 Å². The fourth-order valence-electron chi connectivity index (χ4n) is 1.98. The summed E-state index contributed by atoms with van der Waals surface area (Å²) in [6, 6.07) is 12.5. The van der Waals surface area contributed by atoms with Crippen molar-refractivity contribution in [2.75, 3.05) is 5.73 Å². The molecule has 2 aromatic rings. The van der Waals surface area contributed by atoms with E-state index in [9.17, 15) is 4.39 Å². The zero-order valence-electron chi connectivity index (χ0n) is 12.5. The Balaban J connectivity index is 2.23. The first-order valence-corrected chi connectivity index (χ1v) is 6.94. The average Bonchev–Trinajstić information content (AvgIpc) is 2.44. The summed E-state index contributed by atoms with van der Waals surface area (Å²) in [5, 5.41) is 0. The zero-order valence-corrected chi connectivity index (χ0v) is 12.5. The second-order valence-electron chi connectivity index (χ2n) is 5.16. The van der Waals surface area contributed by atoms with Gasteiger partial charge in [-0.2, -0.15) is 0 Å². The Kier molecular flexibility index (Phi) is 4.68. The maximum Gasteiger partial charge on any atom is 0.167 e. The van der Waals surface area contributed by atoms with Gasteiger partial charge in [0.25, 0.3) is 0 Å². The lowest BCUT2D eigenvalue weighted by Crippen LogP contribution is -2.09. The van der Waals surface area contributed by atoms with Gasteiger partial charge in [0.2, 0.25) is 0 Å². The van der Waals surface area contributed by atoms with Gasteiger partial charge in [-0.05, 0) is 26.3 Å². The summed E-state index contributed by atoms with van der Waals surface area (Å²) in [5.41, 5.74) is 7.10. The van der Waals surface area contributed by atoms with Gasteiger partial charge < -0.3 is 15.2 Å². The summed E-state index contributed by atoms with van der Waals surface area (Å²) in [6.45, 7) is 5.59. The molecule has 112 valence electrons. The molecule has 0 aromatic heterocycles. The first-order chi connectivity index (χ1) is 9.97. The van der Waals surface area contributed by atoms with Crippen LogP contribution in [0, 0.1) is 5.82 Å². The van der Waals surface area contributed by atoms with E-state index in [1.807, 2.05) is 51.1 Å². The van der Waals surface area contributed by atoms with Gasteiger partial charge in [0.1, 0.15) is 11.9 Å². The van der Waals surface area contributed by atoms with E-state index in [-0.39, 0.29) is 23.6 Å². The first-order valence-electron chi connectivity index (χ1n) is 6.94. The molecular weight excluding hydrogens is 269 g/mol. The van der Waals surface area contributed by atoms with Crippen molar-refractivity contribution < 1.29 is 13.9 Å². The number of hydrogen-bond acceptors (Lipinski definition) is 3. The van der Waals surface area contributed by atoms with Crippen LogP contribution in [-0.2, 0) is 0 Å². The molecule has 4 heteroatoms. The number of rotatable bonds is 5. The number of nitrogen functional groups attached to an aromatic ring is 1. The van der Waals surface area contributed by atoms with E-state index in [2.05, 4.69) is 0 Å². The lowest BCUT2D eigenvalue weighted by molar-refractivity contribution is 0.215. The normalized spacial score (nSPS) is 12.2. The molecule has 2 N–H and O–H groups in total. The van der Waals surface area contributed by atoms with Gasteiger partial charge in [-0.25, -0.2) is 4.39 Å². The molecule has 0 amide bonds. The summed E-state index contributed by atoms with van der Waals surface area (Å²) in [5.74, 6) is 0.0822. The summed E-state index contributed by atoms with van der Waals surface area (Å²) in [4.78, 5) is 0. The molecule has 0 aliphatic heterocycles. The smallest absolute Gasteiger partial charge is 0.167 e. The zero-order chi connectivity index (χ0) is 15.4. The Morgan fingerprint density at radius 2 is 1.62 bits per heavy atom. The molecule has 21 heavy (non-hydrogen) atoms. The number of anilines is 1. The highest BCUT2D eigenvalue weighted by molar-refractivity contribution is 5.56. The molecule has 0 spiro atoms. The number of hydrogen-bond donors (Lipinski definition) is 1. The summed E-state index contributed by atoms with van der Waals surface area (Å²) < 4.78 is 25.0. The molecular formula is C17H20FNO2. The highest BCUT2D eigenvalue weighted by atomic mass is 19.1. The molecule has 0 fully saturated rings. The molecule has 0 saturated carbocycles. The van der Waals surface area contributed by atoms with Crippen LogP contribution in [0.1, 0.15) is 32.4 Å². The van der Waals surface area contributed by atoms with Crippen molar-refractivity contribution in [1.29, 1.82) is 0 Å². The predicted molar refractivity (Wildman–Crippen MR) is 82.1 cm³/mol. The van der Waals surface area contributed by atoms with Crippen molar-refractivity contribution in [3.8, 4) is 11.5 Å². The maximum atomic E-state index is 13.8. The first kappa shape index (κ1) is 15.2. The third kappa shape index (κ3) is 3.88. The molecule has 0 aliphatic carbocycles. The summed E-state index contributed by atoms with van der Waals surface area (Å²) in [7, 11) is 0. The monoisotopic (exact) mass is 289 g/mol. The molecule has 0 heterocycles. The van der Waals surface area contributed by atoms with Gasteiger partial charge in [-0.15, -0.1) is 0 Å². The topological polar surface area (TPSA) is 44.5 Å². The second-order valence-corrected chi connectivity index (χ2v) is 5.16. The fourth-order valence-corrected chi connectivity index (χ4v) is 1.98. The largest absolute Gasteiger partial charge is 0.488 e. The van der Waals surface area contributed by atoms with Crippen molar-refractivity contribution in [1.82, 2.24) is 0 Å². The van der Waals surface area contributed by atoms with Crippen LogP contribution >= 0.6 is 0 Å². The molecule has 0 bridgehead atoms. The van der Waals surface area contributed by atoms with Crippen molar-refractivity contribution in [3.63, 3.8) is 0 Å². The number of halogens is 1. The van der Waals surface area contributed by atoms with Crippen molar-refractivity contribution in [2.45, 2.75) is 33.0 Å². The van der Waals surface area contributed by atoms with E-state index < -0.39 is 5.82 Å².